The number of carbonyl (C=O) groups is 2. The fraction of sp³-hybridized carbons (Fsp3) is 0.188. The highest BCUT2D eigenvalue weighted by Gasteiger charge is 2.24. The average Bonchev–Trinajstić information content (AvgIpc) is 3.05. The van der Waals surface area contributed by atoms with E-state index < -0.39 is 0 Å². The normalized spacial score (nSPS) is 14.7. The summed E-state index contributed by atoms with van der Waals surface area (Å²) in [5.74, 6) is -0.240. The Labute approximate surface area is 142 Å². The van der Waals surface area contributed by atoms with Crippen LogP contribution in [0.1, 0.15) is 25.1 Å². The van der Waals surface area contributed by atoms with Crippen molar-refractivity contribution >= 4 is 57.2 Å². The van der Waals surface area contributed by atoms with Gasteiger partial charge in [0, 0.05) is 29.4 Å². The highest BCUT2D eigenvalue weighted by molar-refractivity contribution is 7.14. The van der Waals surface area contributed by atoms with E-state index in [4.69, 9.17) is 11.6 Å². The molecular formula is C16H14ClN3O2S. The summed E-state index contributed by atoms with van der Waals surface area (Å²) in [5, 5.41) is 5.81. The van der Waals surface area contributed by atoms with Gasteiger partial charge in [0.05, 0.1) is 17.0 Å². The number of carbonyl (C=O) groups excluding carboxylic acids is 2. The Hall–Kier alpha value is -2.18. The van der Waals surface area contributed by atoms with Crippen molar-refractivity contribution < 1.29 is 9.59 Å². The van der Waals surface area contributed by atoms with Gasteiger partial charge < -0.3 is 5.32 Å². The van der Waals surface area contributed by atoms with Gasteiger partial charge in [-0.15, -0.1) is 11.3 Å². The quantitative estimate of drug-likeness (QED) is 0.862. The van der Waals surface area contributed by atoms with Crippen LogP contribution < -0.4 is 10.2 Å². The van der Waals surface area contributed by atoms with Gasteiger partial charge in [0.1, 0.15) is 0 Å². The summed E-state index contributed by atoms with van der Waals surface area (Å²) < 4.78 is 0. The smallest absolute Gasteiger partial charge is 0.256 e. The maximum atomic E-state index is 12.1. The highest BCUT2D eigenvalue weighted by atomic mass is 35.5. The molecule has 1 N–H and O–H groups in total. The molecule has 1 aliphatic rings. The maximum absolute atomic E-state index is 12.1. The highest BCUT2D eigenvalue weighted by Crippen LogP contribution is 2.35. The first-order valence-electron chi connectivity index (χ1n) is 7.06. The number of hydrogen-bond donors (Lipinski definition) is 1. The number of hydrogen-bond acceptors (Lipinski definition) is 4. The number of nitrogens with zero attached hydrogens (tertiary/aromatic N) is 2. The van der Waals surface area contributed by atoms with Crippen LogP contribution in [0, 0.1) is 0 Å². The van der Waals surface area contributed by atoms with Crippen molar-refractivity contribution in [3.8, 4) is 0 Å². The van der Waals surface area contributed by atoms with Crippen LogP contribution in [-0.4, -0.2) is 23.3 Å². The van der Waals surface area contributed by atoms with Gasteiger partial charge in [-0.1, -0.05) is 17.7 Å². The second-order valence-electron chi connectivity index (χ2n) is 5.02. The number of anilines is 2. The molecule has 0 bridgehead atoms. The van der Waals surface area contributed by atoms with E-state index in [0.717, 1.165) is 5.56 Å². The van der Waals surface area contributed by atoms with Gasteiger partial charge in [-0.25, -0.2) is 4.98 Å². The van der Waals surface area contributed by atoms with Crippen LogP contribution in [0.5, 0.6) is 0 Å². The van der Waals surface area contributed by atoms with E-state index in [1.807, 2.05) is 18.4 Å². The SMILES string of the molecule is CCN(C(C)=O)c1nc(C=C2C(=O)Nc3cc(Cl)ccc32)cs1. The number of aromatic nitrogens is 1. The second kappa shape index (κ2) is 6.14. The van der Waals surface area contributed by atoms with E-state index in [2.05, 4.69) is 10.3 Å². The molecular weight excluding hydrogens is 334 g/mol. The number of amides is 2. The zero-order valence-corrected chi connectivity index (χ0v) is 14.2. The Morgan fingerprint density at radius 1 is 1.48 bits per heavy atom. The Kier molecular flexibility index (Phi) is 4.19. The number of benzene rings is 1. The van der Waals surface area contributed by atoms with Crippen LogP contribution in [-0.2, 0) is 9.59 Å². The van der Waals surface area contributed by atoms with E-state index >= 15 is 0 Å². The molecule has 2 amide bonds. The van der Waals surface area contributed by atoms with Gasteiger partial charge in [-0.2, -0.15) is 0 Å². The summed E-state index contributed by atoms with van der Waals surface area (Å²) in [5.41, 5.74) is 2.69. The Balaban J connectivity index is 1.96. The molecule has 0 saturated heterocycles. The van der Waals surface area contributed by atoms with Gasteiger partial charge in [-0.05, 0) is 25.1 Å². The molecule has 23 heavy (non-hydrogen) atoms. The van der Waals surface area contributed by atoms with E-state index in [-0.39, 0.29) is 11.8 Å². The lowest BCUT2D eigenvalue weighted by Gasteiger charge is -2.14. The van der Waals surface area contributed by atoms with Crippen LogP contribution in [0.4, 0.5) is 10.8 Å². The molecule has 2 heterocycles. The molecule has 0 fully saturated rings. The van der Waals surface area contributed by atoms with Crippen molar-refractivity contribution in [2.75, 3.05) is 16.8 Å². The third-order valence-corrected chi connectivity index (χ3v) is 4.61. The fourth-order valence-electron chi connectivity index (χ4n) is 2.42. The van der Waals surface area contributed by atoms with Gasteiger partial charge in [0.2, 0.25) is 5.91 Å². The zero-order valence-electron chi connectivity index (χ0n) is 12.6. The molecule has 3 rings (SSSR count). The van der Waals surface area contributed by atoms with Crippen LogP contribution in [0.15, 0.2) is 23.6 Å². The Morgan fingerprint density at radius 2 is 2.26 bits per heavy atom. The summed E-state index contributed by atoms with van der Waals surface area (Å²) in [7, 11) is 0. The number of rotatable bonds is 3. The number of nitrogens with one attached hydrogen (secondary N) is 1. The van der Waals surface area contributed by atoms with Crippen molar-refractivity contribution in [2.45, 2.75) is 13.8 Å². The summed E-state index contributed by atoms with van der Waals surface area (Å²) in [6.07, 6.45) is 1.73. The van der Waals surface area contributed by atoms with Crippen molar-refractivity contribution in [3.63, 3.8) is 0 Å². The fourth-order valence-corrected chi connectivity index (χ4v) is 3.48. The molecule has 0 spiro atoms. The van der Waals surface area contributed by atoms with Crippen molar-refractivity contribution in [1.29, 1.82) is 0 Å². The first kappa shape index (κ1) is 15.7. The minimum absolute atomic E-state index is 0.0559. The number of halogens is 1. The molecule has 2 aromatic rings. The van der Waals surface area contributed by atoms with Crippen molar-refractivity contribution in [3.05, 3.63) is 39.9 Å². The average molecular weight is 348 g/mol. The maximum Gasteiger partial charge on any atom is 0.256 e. The molecule has 1 aliphatic heterocycles. The summed E-state index contributed by atoms with van der Waals surface area (Å²) >= 11 is 7.32. The second-order valence-corrected chi connectivity index (χ2v) is 6.29. The topological polar surface area (TPSA) is 62.3 Å². The summed E-state index contributed by atoms with van der Waals surface area (Å²) in [6.45, 7) is 3.96. The minimum atomic E-state index is -0.185. The first-order chi connectivity index (χ1) is 11.0. The van der Waals surface area contributed by atoms with E-state index in [1.54, 1.807) is 23.1 Å². The number of thiazole rings is 1. The minimum Gasteiger partial charge on any atom is -0.321 e. The zero-order chi connectivity index (χ0) is 16.6. The monoisotopic (exact) mass is 347 g/mol. The van der Waals surface area contributed by atoms with E-state index in [9.17, 15) is 9.59 Å². The van der Waals surface area contributed by atoms with Gasteiger partial charge in [0.25, 0.3) is 5.91 Å². The molecule has 1 aromatic heterocycles. The Bertz CT molecular complexity index is 828. The molecule has 1 aromatic carbocycles. The molecule has 0 aliphatic carbocycles. The lowest BCUT2D eigenvalue weighted by Crippen LogP contribution is -2.27. The molecule has 118 valence electrons. The summed E-state index contributed by atoms with van der Waals surface area (Å²) in [4.78, 5) is 29.7. The van der Waals surface area contributed by atoms with Crippen LogP contribution >= 0.6 is 22.9 Å². The van der Waals surface area contributed by atoms with E-state index in [0.29, 0.717) is 33.7 Å². The molecule has 0 saturated carbocycles. The first-order valence-corrected chi connectivity index (χ1v) is 8.32. The third-order valence-electron chi connectivity index (χ3n) is 3.49. The third kappa shape index (κ3) is 3.00. The van der Waals surface area contributed by atoms with Crippen molar-refractivity contribution in [2.24, 2.45) is 0 Å². The van der Waals surface area contributed by atoms with Crippen molar-refractivity contribution in [1.82, 2.24) is 4.98 Å². The van der Waals surface area contributed by atoms with Gasteiger partial charge in [0.15, 0.2) is 5.13 Å². The lowest BCUT2D eigenvalue weighted by molar-refractivity contribution is -0.116. The van der Waals surface area contributed by atoms with Crippen LogP contribution in [0.3, 0.4) is 0 Å². The summed E-state index contributed by atoms with van der Waals surface area (Å²) in [6, 6.07) is 5.27. The molecule has 5 nitrogen and oxygen atoms in total. The predicted octanol–water partition coefficient (Wildman–Crippen LogP) is 3.66. The molecule has 0 radical (unpaired) electrons. The largest absolute Gasteiger partial charge is 0.321 e. The van der Waals surface area contributed by atoms with Gasteiger partial charge >= 0.3 is 0 Å². The lowest BCUT2D eigenvalue weighted by atomic mass is 10.1. The van der Waals surface area contributed by atoms with Crippen LogP contribution in [0.25, 0.3) is 11.6 Å². The number of fused-ring (bicyclic) bond motifs is 1. The van der Waals surface area contributed by atoms with Gasteiger partial charge in [-0.3, -0.25) is 14.5 Å². The predicted molar refractivity (Wildman–Crippen MR) is 93.8 cm³/mol. The molecule has 0 unspecified atom stereocenters. The molecule has 7 heteroatoms. The van der Waals surface area contributed by atoms with E-state index in [1.165, 1.54) is 18.3 Å². The Morgan fingerprint density at radius 3 is 2.96 bits per heavy atom. The molecule has 0 atom stereocenters. The van der Waals surface area contributed by atoms with Crippen LogP contribution in [0.2, 0.25) is 5.02 Å². The standard InChI is InChI=1S/C16H14ClN3O2S/c1-3-20(9(2)21)16-18-11(8-23-16)7-13-12-5-4-10(17)6-14(12)19-15(13)22/h4-8H,3H2,1-2H3,(H,19,22).